The van der Waals surface area contributed by atoms with E-state index >= 15 is 0 Å². The van der Waals surface area contributed by atoms with Crippen molar-refractivity contribution in [3.8, 4) is 0 Å². The molecule has 0 aromatic carbocycles. The van der Waals surface area contributed by atoms with Gasteiger partial charge in [-0.05, 0) is 25.1 Å². The predicted octanol–water partition coefficient (Wildman–Crippen LogP) is 2.40. The van der Waals surface area contributed by atoms with Gasteiger partial charge in [0.1, 0.15) is 0 Å². The van der Waals surface area contributed by atoms with Gasteiger partial charge in [-0.15, -0.1) is 0 Å². The zero-order valence-corrected chi connectivity index (χ0v) is 11.4. The van der Waals surface area contributed by atoms with Crippen molar-refractivity contribution in [2.24, 2.45) is 0 Å². The van der Waals surface area contributed by atoms with Gasteiger partial charge in [-0.3, -0.25) is 9.67 Å². The van der Waals surface area contributed by atoms with Crippen LogP contribution in [0, 0.1) is 6.92 Å². The van der Waals surface area contributed by atoms with E-state index in [1.807, 2.05) is 23.9 Å². The molecule has 4 nitrogen and oxygen atoms in total. The van der Waals surface area contributed by atoms with E-state index in [9.17, 15) is 0 Å². The molecular weight excluding hydrogens is 248 g/mol. The third kappa shape index (κ3) is 3.09. The van der Waals surface area contributed by atoms with E-state index in [4.69, 9.17) is 11.6 Å². The number of nitrogens with zero attached hydrogens (tertiary/aromatic N) is 3. The van der Waals surface area contributed by atoms with Gasteiger partial charge in [-0.25, -0.2) is 0 Å². The SMILES string of the molecule is CCNCc1ccc(Cn2ncc(Cl)c2C)nc1. The van der Waals surface area contributed by atoms with Crippen molar-refractivity contribution in [1.29, 1.82) is 0 Å². The molecule has 0 aliphatic heterocycles. The molecule has 5 heteroatoms. The minimum atomic E-state index is 0.653. The van der Waals surface area contributed by atoms with Gasteiger partial charge < -0.3 is 5.32 Å². The van der Waals surface area contributed by atoms with Crippen LogP contribution in [0.2, 0.25) is 5.02 Å². The Morgan fingerprint density at radius 1 is 1.33 bits per heavy atom. The highest BCUT2D eigenvalue weighted by Gasteiger charge is 2.05. The lowest BCUT2D eigenvalue weighted by atomic mass is 10.2. The number of halogens is 1. The molecule has 0 amide bonds. The standard InChI is InChI=1S/C13H17ClN4/c1-3-15-6-11-4-5-12(16-7-11)9-18-10(2)13(14)8-17-18/h4-5,7-8,15H,3,6,9H2,1-2H3. The second-order valence-corrected chi connectivity index (χ2v) is 4.58. The minimum absolute atomic E-state index is 0.653. The lowest BCUT2D eigenvalue weighted by Crippen LogP contribution is -2.12. The molecule has 2 heterocycles. The Bertz CT molecular complexity index is 504. The molecule has 1 N–H and O–H groups in total. The molecule has 2 aromatic heterocycles. The summed E-state index contributed by atoms with van der Waals surface area (Å²) < 4.78 is 1.86. The van der Waals surface area contributed by atoms with Crippen molar-refractivity contribution in [2.75, 3.05) is 6.54 Å². The van der Waals surface area contributed by atoms with Gasteiger partial charge in [0.15, 0.2) is 0 Å². The number of nitrogens with one attached hydrogen (secondary N) is 1. The molecule has 0 aliphatic carbocycles. The van der Waals surface area contributed by atoms with E-state index in [1.54, 1.807) is 6.20 Å². The van der Waals surface area contributed by atoms with Crippen molar-refractivity contribution in [2.45, 2.75) is 26.9 Å². The molecule has 96 valence electrons. The second-order valence-electron chi connectivity index (χ2n) is 4.17. The maximum Gasteiger partial charge on any atom is 0.0834 e. The monoisotopic (exact) mass is 264 g/mol. The number of rotatable bonds is 5. The van der Waals surface area contributed by atoms with E-state index in [0.29, 0.717) is 11.6 Å². The average Bonchev–Trinajstić information content (AvgIpc) is 2.70. The summed E-state index contributed by atoms with van der Waals surface area (Å²) in [4.78, 5) is 4.43. The van der Waals surface area contributed by atoms with Crippen molar-refractivity contribution in [3.05, 3.63) is 46.5 Å². The highest BCUT2D eigenvalue weighted by Crippen LogP contribution is 2.14. The van der Waals surface area contributed by atoms with Crippen LogP contribution in [0.5, 0.6) is 0 Å². The molecule has 0 bridgehead atoms. The van der Waals surface area contributed by atoms with Crippen LogP contribution in [-0.4, -0.2) is 21.3 Å². The van der Waals surface area contributed by atoms with Gasteiger partial charge >= 0.3 is 0 Å². The fourth-order valence-electron chi connectivity index (χ4n) is 1.66. The molecule has 0 aliphatic rings. The van der Waals surface area contributed by atoms with Crippen LogP contribution in [0.4, 0.5) is 0 Å². The smallest absolute Gasteiger partial charge is 0.0834 e. The normalized spacial score (nSPS) is 10.8. The quantitative estimate of drug-likeness (QED) is 0.902. The Labute approximate surface area is 112 Å². The Morgan fingerprint density at radius 2 is 2.17 bits per heavy atom. The Hall–Kier alpha value is -1.39. The Morgan fingerprint density at radius 3 is 2.72 bits per heavy atom. The highest BCUT2D eigenvalue weighted by atomic mass is 35.5. The summed E-state index contributed by atoms with van der Waals surface area (Å²) in [5, 5.41) is 8.18. The third-order valence-corrected chi connectivity index (χ3v) is 3.19. The molecule has 2 aromatic rings. The lowest BCUT2D eigenvalue weighted by molar-refractivity contribution is 0.650. The van der Waals surface area contributed by atoms with Gasteiger partial charge in [0, 0.05) is 12.7 Å². The second kappa shape index (κ2) is 5.98. The van der Waals surface area contributed by atoms with Crippen LogP contribution in [0.1, 0.15) is 23.9 Å². The van der Waals surface area contributed by atoms with E-state index in [0.717, 1.165) is 24.5 Å². The summed E-state index contributed by atoms with van der Waals surface area (Å²) in [6, 6.07) is 4.12. The fraction of sp³-hybridized carbons (Fsp3) is 0.385. The fourth-order valence-corrected chi connectivity index (χ4v) is 1.80. The first-order valence-electron chi connectivity index (χ1n) is 6.03. The van der Waals surface area contributed by atoms with Crippen LogP contribution in [0.25, 0.3) is 0 Å². The van der Waals surface area contributed by atoms with Crippen molar-refractivity contribution in [1.82, 2.24) is 20.1 Å². The van der Waals surface area contributed by atoms with E-state index in [1.165, 1.54) is 5.56 Å². The van der Waals surface area contributed by atoms with Gasteiger partial charge in [-0.2, -0.15) is 5.10 Å². The molecule has 0 saturated heterocycles. The van der Waals surface area contributed by atoms with Crippen LogP contribution < -0.4 is 5.32 Å². The molecular formula is C13H17ClN4. The van der Waals surface area contributed by atoms with Crippen LogP contribution in [0.15, 0.2) is 24.5 Å². The van der Waals surface area contributed by atoms with E-state index < -0.39 is 0 Å². The first-order chi connectivity index (χ1) is 8.70. The Balaban J connectivity index is 2.04. The number of hydrogen-bond donors (Lipinski definition) is 1. The average molecular weight is 265 g/mol. The topological polar surface area (TPSA) is 42.7 Å². The first kappa shape index (κ1) is 13.1. The molecule has 0 atom stereocenters. The predicted molar refractivity (Wildman–Crippen MR) is 72.7 cm³/mol. The van der Waals surface area contributed by atoms with Crippen LogP contribution in [0.3, 0.4) is 0 Å². The lowest BCUT2D eigenvalue weighted by Gasteiger charge is -2.06. The van der Waals surface area contributed by atoms with Crippen LogP contribution >= 0.6 is 11.6 Å². The molecule has 0 radical (unpaired) electrons. The molecule has 18 heavy (non-hydrogen) atoms. The van der Waals surface area contributed by atoms with E-state index in [2.05, 4.69) is 28.4 Å². The highest BCUT2D eigenvalue weighted by molar-refractivity contribution is 6.31. The van der Waals surface area contributed by atoms with E-state index in [-0.39, 0.29) is 0 Å². The van der Waals surface area contributed by atoms with Crippen molar-refractivity contribution in [3.63, 3.8) is 0 Å². The zero-order chi connectivity index (χ0) is 13.0. The van der Waals surface area contributed by atoms with Gasteiger partial charge in [-0.1, -0.05) is 24.6 Å². The number of aromatic nitrogens is 3. The summed E-state index contributed by atoms with van der Waals surface area (Å²) in [6.07, 6.45) is 3.56. The minimum Gasteiger partial charge on any atom is -0.313 e. The summed E-state index contributed by atoms with van der Waals surface area (Å²) in [7, 11) is 0. The van der Waals surface area contributed by atoms with Crippen LogP contribution in [-0.2, 0) is 13.1 Å². The molecule has 0 spiro atoms. The van der Waals surface area contributed by atoms with Crippen molar-refractivity contribution >= 4 is 11.6 Å². The largest absolute Gasteiger partial charge is 0.313 e. The third-order valence-electron chi connectivity index (χ3n) is 2.82. The molecule has 0 saturated carbocycles. The summed E-state index contributed by atoms with van der Waals surface area (Å²) in [5.41, 5.74) is 3.14. The Kier molecular flexibility index (Phi) is 4.33. The maximum absolute atomic E-state index is 5.97. The van der Waals surface area contributed by atoms with Gasteiger partial charge in [0.25, 0.3) is 0 Å². The maximum atomic E-state index is 5.97. The number of hydrogen-bond acceptors (Lipinski definition) is 3. The number of pyridine rings is 1. The first-order valence-corrected chi connectivity index (χ1v) is 6.41. The molecule has 2 rings (SSSR count). The van der Waals surface area contributed by atoms with Crippen molar-refractivity contribution < 1.29 is 0 Å². The van der Waals surface area contributed by atoms with Gasteiger partial charge in [0.05, 0.1) is 29.2 Å². The zero-order valence-electron chi connectivity index (χ0n) is 10.7. The molecule has 0 unspecified atom stereocenters. The van der Waals surface area contributed by atoms with Gasteiger partial charge in [0.2, 0.25) is 0 Å². The summed E-state index contributed by atoms with van der Waals surface area (Å²) in [5.74, 6) is 0. The summed E-state index contributed by atoms with van der Waals surface area (Å²) in [6.45, 7) is 6.52. The summed E-state index contributed by atoms with van der Waals surface area (Å²) >= 11 is 5.97. The molecule has 0 fully saturated rings.